The summed E-state index contributed by atoms with van der Waals surface area (Å²) in [6.07, 6.45) is 3.40. The summed E-state index contributed by atoms with van der Waals surface area (Å²) in [6.45, 7) is 5.38. The van der Waals surface area contributed by atoms with Crippen LogP contribution >= 0.6 is 11.8 Å². The van der Waals surface area contributed by atoms with Crippen LogP contribution < -0.4 is 0 Å². The number of esters is 1. The van der Waals surface area contributed by atoms with Gasteiger partial charge in [-0.25, -0.2) is 0 Å². The molecule has 0 saturated carbocycles. The molecule has 0 N–H and O–H groups in total. The van der Waals surface area contributed by atoms with E-state index in [0.717, 1.165) is 11.3 Å². The predicted octanol–water partition coefficient (Wildman–Crippen LogP) is 2.94. The van der Waals surface area contributed by atoms with Gasteiger partial charge in [0.25, 0.3) is 0 Å². The number of carbonyl (C=O) groups excluding carboxylic acids is 2. The lowest BCUT2D eigenvalue weighted by molar-refractivity contribution is -0.140. The molecular weight excluding hydrogens is 310 g/mol. The number of hydrogen-bond donors (Lipinski definition) is 0. The summed E-state index contributed by atoms with van der Waals surface area (Å²) in [6, 6.07) is 8.20. The summed E-state index contributed by atoms with van der Waals surface area (Å²) in [5.41, 5.74) is 2.28. The smallest absolute Gasteiger partial charge is 0.320 e. The van der Waals surface area contributed by atoms with Gasteiger partial charge in [-0.1, -0.05) is 38.1 Å². The van der Waals surface area contributed by atoms with Crippen molar-refractivity contribution in [2.45, 2.75) is 25.0 Å². The molecular formula is C18H23NO3S. The minimum Gasteiger partial charge on any atom is -0.468 e. The Morgan fingerprint density at radius 2 is 2.00 bits per heavy atom. The minimum absolute atomic E-state index is 0.0628. The van der Waals surface area contributed by atoms with Crippen LogP contribution in [-0.4, -0.2) is 48.0 Å². The SMILES string of the molecule is COC(=O)[C@@H]1CN(C(=O)/C=C/c2ccc(C(C)C)cc2)CCS1. The van der Waals surface area contributed by atoms with E-state index in [0.29, 0.717) is 19.0 Å². The number of carbonyl (C=O) groups is 2. The Kier molecular flexibility index (Phi) is 6.28. The van der Waals surface area contributed by atoms with Gasteiger partial charge in [-0.3, -0.25) is 9.59 Å². The Balaban J connectivity index is 1.96. The van der Waals surface area contributed by atoms with Crippen LogP contribution in [0.3, 0.4) is 0 Å². The van der Waals surface area contributed by atoms with Gasteiger partial charge in [0.05, 0.1) is 7.11 Å². The van der Waals surface area contributed by atoms with Crippen LogP contribution in [0.15, 0.2) is 30.3 Å². The van der Waals surface area contributed by atoms with Crippen molar-refractivity contribution in [2.24, 2.45) is 0 Å². The molecule has 1 heterocycles. The monoisotopic (exact) mass is 333 g/mol. The van der Waals surface area contributed by atoms with Gasteiger partial charge < -0.3 is 9.64 Å². The summed E-state index contributed by atoms with van der Waals surface area (Å²) >= 11 is 1.54. The standard InChI is InChI=1S/C18H23NO3S/c1-13(2)15-7-4-14(5-8-15)6-9-17(20)19-10-11-23-16(12-19)18(21)22-3/h4-9,13,16H,10-12H2,1-3H3/b9-6+/t16-/m0/s1. The molecule has 0 radical (unpaired) electrons. The van der Waals surface area contributed by atoms with Crippen molar-refractivity contribution in [2.75, 3.05) is 26.0 Å². The molecule has 1 amide bonds. The largest absolute Gasteiger partial charge is 0.468 e. The average molecular weight is 333 g/mol. The van der Waals surface area contributed by atoms with Crippen LogP contribution in [0, 0.1) is 0 Å². The lowest BCUT2D eigenvalue weighted by atomic mass is 10.0. The first kappa shape index (κ1) is 17.6. The van der Waals surface area contributed by atoms with Crippen molar-refractivity contribution < 1.29 is 14.3 Å². The highest BCUT2D eigenvalue weighted by atomic mass is 32.2. The van der Waals surface area contributed by atoms with Crippen molar-refractivity contribution in [1.29, 1.82) is 0 Å². The maximum absolute atomic E-state index is 12.3. The Hall–Kier alpha value is -1.75. The van der Waals surface area contributed by atoms with Crippen LogP contribution in [0.2, 0.25) is 0 Å². The van der Waals surface area contributed by atoms with E-state index in [9.17, 15) is 9.59 Å². The number of rotatable bonds is 4. The Bertz CT molecular complexity index is 580. The molecule has 1 aliphatic rings. The molecule has 0 spiro atoms. The van der Waals surface area contributed by atoms with Crippen molar-refractivity contribution in [3.05, 3.63) is 41.5 Å². The van der Waals surface area contributed by atoms with E-state index in [2.05, 4.69) is 26.0 Å². The van der Waals surface area contributed by atoms with E-state index in [1.54, 1.807) is 22.7 Å². The second-order valence-corrected chi connectivity index (χ2v) is 7.13. The van der Waals surface area contributed by atoms with E-state index >= 15 is 0 Å². The zero-order chi connectivity index (χ0) is 16.8. The van der Waals surface area contributed by atoms with E-state index in [-0.39, 0.29) is 17.1 Å². The number of hydrogen-bond acceptors (Lipinski definition) is 4. The third-order valence-corrected chi connectivity index (χ3v) is 5.03. The molecule has 0 bridgehead atoms. The van der Waals surface area contributed by atoms with E-state index in [4.69, 9.17) is 4.74 Å². The third-order valence-electron chi connectivity index (χ3n) is 3.86. The molecule has 5 heteroatoms. The highest BCUT2D eigenvalue weighted by Gasteiger charge is 2.28. The lowest BCUT2D eigenvalue weighted by Crippen LogP contribution is -2.44. The second-order valence-electron chi connectivity index (χ2n) is 5.82. The zero-order valence-electron chi connectivity index (χ0n) is 13.8. The first-order valence-electron chi connectivity index (χ1n) is 7.77. The molecule has 1 aliphatic heterocycles. The normalized spacial score (nSPS) is 18.4. The number of thioether (sulfide) groups is 1. The Labute approximate surface area is 141 Å². The average Bonchev–Trinajstić information content (AvgIpc) is 2.59. The summed E-state index contributed by atoms with van der Waals surface area (Å²) in [5.74, 6) is 0.922. The number of benzene rings is 1. The summed E-state index contributed by atoms with van der Waals surface area (Å²) in [4.78, 5) is 25.6. The van der Waals surface area contributed by atoms with Gasteiger partial charge in [0.1, 0.15) is 5.25 Å². The van der Waals surface area contributed by atoms with Crippen molar-refractivity contribution in [3.63, 3.8) is 0 Å². The first-order valence-corrected chi connectivity index (χ1v) is 8.82. The molecule has 1 saturated heterocycles. The van der Waals surface area contributed by atoms with Gasteiger partial charge in [-0.05, 0) is 23.1 Å². The topological polar surface area (TPSA) is 46.6 Å². The number of amides is 1. The Morgan fingerprint density at radius 1 is 1.30 bits per heavy atom. The second kappa shape index (κ2) is 8.20. The van der Waals surface area contributed by atoms with Gasteiger partial charge >= 0.3 is 5.97 Å². The molecule has 1 aromatic carbocycles. The van der Waals surface area contributed by atoms with Gasteiger partial charge in [-0.2, -0.15) is 0 Å². The summed E-state index contributed by atoms with van der Waals surface area (Å²) < 4.78 is 4.76. The van der Waals surface area contributed by atoms with E-state index in [1.165, 1.54) is 12.7 Å². The molecule has 4 nitrogen and oxygen atoms in total. The molecule has 0 aromatic heterocycles. The highest BCUT2D eigenvalue weighted by molar-refractivity contribution is 8.00. The highest BCUT2D eigenvalue weighted by Crippen LogP contribution is 2.20. The van der Waals surface area contributed by atoms with Crippen molar-refractivity contribution >= 4 is 29.7 Å². The fraction of sp³-hybridized carbons (Fsp3) is 0.444. The minimum atomic E-state index is -0.281. The molecule has 2 rings (SSSR count). The fourth-order valence-electron chi connectivity index (χ4n) is 2.39. The quantitative estimate of drug-likeness (QED) is 0.628. The van der Waals surface area contributed by atoms with Crippen LogP contribution in [0.1, 0.15) is 30.9 Å². The zero-order valence-corrected chi connectivity index (χ0v) is 14.6. The molecule has 1 fully saturated rings. The van der Waals surface area contributed by atoms with Crippen LogP contribution in [0.5, 0.6) is 0 Å². The molecule has 1 aromatic rings. The summed E-state index contributed by atoms with van der Waals surface area (Å²) in [5, 5.41) is -0.281. The third kappa shape index (κ3) is 4.86. The van der Waals surface area contributed by atoms with E-state index in [1.807, 2.05) is 18.2 Å². The van der Waals surface area contributed by atoms with Crippen molar-refractivity contribution in [3.8, 4) is 0 Å². The van der Waals surface area contributed by atoms with Crippen molar-refractivity contribution in [1.82, 2.24) is 4.90 Å². The lowest BCUT2D eigenvalue weighted by Gasteiger charge is -2.30. The van der Waals surface area contributed by atoms with Gasteiger partial charge in [0.2, 0.25) is 5.91 Å². The molecule has 0 aliphatic carbocycles. The predicted molar refractivity (Wildman–Crippen MR) is 94.4 cm³/mol. The van der Waals surface area contributed by atoms with Crippen LogP contribution in [0.25, 0.3) is 6.08 Å². The van der Waals surface area contributed by atoms with Gasteiger partial charge in [0, 0.05) is 24.9 Å². The molecule has 23 heavy (non-hydrogen) atoms. The van der Waals surface area contributed by atoms with Gasteiger partial charge in [0.15, 0.2) is 0 Å². The number of methoxy groups -OCH3 is 1. The molecule has 124 valence electrons. The van der Waals surface area contributed by atoms with Crippen LogP contribution in [-0.2, 0) is 14.3 Å². The van der Waals surface area contributed by atoms with Gasteiger partial charge in [-0.15, -0.1) is 11.8 Å². The summed E-state index contributed by atoms with van der Waals surface area (Å²) in [7, 11) is 1.38. The molecule has 0 unspecified atom stereocenters. The molecule has 1 atom stereocenters. The van der Waals surface area contributed by atoms with Crippen LogP contribution in [0.4, 0.5) is 0 Å². The first-order chi connectivity index (χ1) is 11.0. The fourth-order valence-corrected chi connectivity index (χ4v) is 3.52. The number of nitrogens with zero attached hydrogens (tertiary/aromatic N) is 1. The number of ether oxygens (including phenoxy) is 1. The maximum Gasteiger partial charge on any atom is 0.320 e. The maximum atomic E-state index is 12.3. The van der Waals surface area contributed by atoms with E-state index < -0.39 is 0 Å². The Morgan fingerprint density at radius 3 is 2.61 bits per heavy atom.